The molecule has 160 valence electrons. The van der Waals surface area contributed by atoms with Crippen molar-refractivity contribution in [2.24, 2.45) is 5.92 Å². The Morgan fingerprint density at radius 3 is 2.42 bits per heavy atom. The van der Waals surface area contributed by atoms with Crippen LogP contribution < -0.4 is 5.32 Å². The summed E-state index contributed by atoms with van der Waals surface area (Å²) in [5.41, 5.74) is 2.10. The zero-order chi connectivity index (χ0) is 21.6. The number of benzene rings is 1. The highest BCUT2D eigenvalue weighted by molar-refractivity contribution is 5.93. The number of carboxylic acids is 1. The van der Waals surface area contributed by atoms with E-state index in [9.17, 15) is 9.59 Å². The maximum Gasteiger partial charge on any atom is 0.322 e. The van der Waals surface area contributed by atoms with Gasteiger partial charge in [0.2, 0.25) is 11.7 Å². The van der Waals surface area contributed by atoms with Crippen molar-refractivity contribution in [2.75, 3.05) is 5.32 Å². The van der Waals surface area contributed by atoms with Crippen molar-refractivity contribution < 1.29 is 19.1 Å². The molecule has 1 aliphatic carbocycles. The molecular weight excluding hydrogens is 398 g/mol. The number of hydrogen-bond donors (Lipinski definition) is 2. The molecule has 1 aromatic carbocycles. The number of Topliss-reactive ketones (excluding diaryl/α,β-unsaturated/α-hetero) is 1. The molecule has 3 aromatic rings. The molecule has 0 aliphatic heterocycles. The lowest BCUT2D eigenvalue weighted by Crippen LogP contribution is -2.16. The second kappa shape index (κ2) is 9.46. The van der Waals surface area contributed by atoms with Gasteiger partial charge >= 0.3 is 12.0 Å². The Kier molecular flexibility index (Phi) is 6.30. The van der Waals surface area contributed by atoms with Crippen molar-refractivity contribution in [1.82, 2.24) is 20.2 Å². The fourth-order valence-electron chi connectivity index (χ4n) is 3.96. The Balaban J connectivity index is 1.31. The number of ketones is 1. The average Bonchev–Trinajstić information content (AvgIpc) is 3.24. The van der Waals surface area contributed by atoms with Crippen LogP contribution in [0.2, 0.25) is 0 Å². The van der Waals surface area contributed by atoms with Crippen LogP contribution in [0.15, 0.2) is 47.1 Å². The van der Waals surface area contributed by atoms with E-state index in [1.807, 2.05) is 12.1 Å². The number of rotatable bonds is 8. The van der Waals surface area contributed by atoms with Crippen LogP contribution in [0, 0.1) is 5.92 Å². The smallest absolute Gasteiger partial charge is 0.322 e. The van der Waals surface area contributed by atoms with E-state index in [4.69, 9.17) is 9.52 Å². The van der Waals surface area contributed by atoms with Crippen molar-refractivity contribution in [1.29, 1.82) is 0 Å². The van der Waals surface area contributed by atoms with Crippen molar-refractivity contribution in [3.8, 4) is 0 Å². The highest BCUT2D eigenvalue weighted by Crippen LogP contribution is 2.37. The van der Waals surface area contributed by atoms with Crippen LogP contribution in [0.5, 0.6) is 0 Å². The van der Waals surface area contributed by atoms with E-state index in [0.717, 1.165) is 31.2 Å². The second-order valence-electron chi connectivity index (χ2n) is 7.77. The standard InChI is InChI=1S/C22H23N5O4/c28-18(20-26-27-22(31-20)25-21-23-10-1-11-24-21)12-14-2-6-16(7-3-14)17-8-4-15(5-9-17)13-19(29)30/h1-3,6-7,10-11,15,17H,4-5,8-9,12-13H2,(H,29,30)(H,23,24,25,27). The molecule has 2 heterocycles. The van der Waals surface area contributed by atoms with Gasteiger partial charge in [-0.3, -0.25) is 14.9 Å². The Morgan fingerprint density at radius 1 is 1.03 bits per heavy atom. The van der Waals surface area contributed by atoms with E-state index in [1.54, 1.807) is 18.5 Å². The van der Waals surface area contributed by atoms with E-state index >= 15 is 0 Å². The maximum absolute atomic E-state index is 12.5. The van der Waals surface area contributed by atoms with Crippen molar-refractivity contribution in [2.45, 2.75) is 44.4 Å². The lowest BCUT2D eigenvalue weighted by molar-refractivity contribution is -0.138. The first-order valence-corrected chi connectivity index (χ1v) is 10.3. The van der Waals surface area contributed by atoms with E-state index < -0.39 is 5.97 Å². The van der Waals surface area contributed by atoms with Crippen molar-refractivity contribution in [3.05, 3.63) is 59.7 Å². The molecule has 0 amide bonds. The average molecular weight is 421 g/mol. The monoisotopic (exact) mass is 421 g/mol. The van der Waals surface area contributed by atoms with Gasteiger partial charge in [0.15, 0.2) is 0 Å². The highest BCUT2D eigenvalue weighted by Gasteiger charge is 2.24. The largest absolute Gasteiger partial charge is 0.481 e. The lowest BCUT2D eigenvalue weighted by Gasteiger charge is -2.28. The summed E-state index contributed by atoms with van der Waals surface area (Å²) < 4.78 is 5.37. The molecule has 0 spiro atoms. The zero-order valence-corrected chi connectivity index (χ0v) is 16.9. The molecule has 9 nitrogen and oxygen atoms in total. The predicted octanol–water partition coefficient (Wildman–Crippen LogP) is 3.78. The first kappa shape index (κ1) is 20.6. The third-order valence-corrected chi connectivity index (χ3v) is 5.57. The van der Waals surface area contributed by atoms with Gasteiger partial charge in [-0.25, -0.2) is 9.97 Å². The number of hydrogen-bond acceptors (Lipinski definition) is 8. The number of carbonyl (C=O) groups excluding carboxylic acids is 1. The minimum absolute atomic E-state index is 0.0587. The van der Waals surface area contributed by atoms with Crippen LogP contribution in [0.1, 0.15) is 59.8 Å². The predicted molar refractivity (Wildman–Crippen MR) is 111 cm³/mol. The van der Waals surface area contributed by atoms with E-state index in [2.05, 4.69) is 37.6 Å². The Hall–Kier alpha value is -3.62. The normalized spacial score (nSPS) is 18.5. The Bertz CT molecular complexity index is 1030. The first-order chi connectivity index (χ1) is 15.1. The molecule has 4 rings (SSSR count). The summed E-state index contributed by atoms with van der Waals surface area (Å²) >= 11 is 0. The molecule has 0 saturated heterocycles. The van der Waals surface area contributed by atoms with Crippen molar-refractivity contribution in [3.63, 3.8) is 0 Å². The Morgan fingerprint density at radius 2 is 1.74 bits per heavy atom. The number of nitrogens with zero attached hydrogens (tertiary/aromatic N) is 4. The summed E-state index contributed by atoms with van der Waals surface area (Å²) in [6, 6.07) is 9.75. The summed E-state index contributed by atoms with van der Waals surface area (Å²) in [7, 11) is 0. The third-order valence-electron chi connectivity index (χ3n) is 5.57. The van der Waals surface area contributed by atoms with Gasteiger partial charge in [-0.15, -0.1) is 5.10 Å². The van der Waals surface area contributed by atoms with Gasteiger partial charge in [0.1, 0.15) is 0 Å². The number of carbonyl (C=O) groups is 2. The van der Waals surface area contributed by atoms with E-state index in [0.29, 0.717) is 11.9 Å². The molecule has 0 atom stereocenters. The zero-order valence-electron chi connectivity index (χ0n) is 16.9. The fraction of sp³-hybridized carbons (Fsp3) is 0.364. The minimum atomic E-state index is -0.713. The van der Waals surface area contributed by atoms with Crippen LogP contribution in [0.25, 0.3) is 0 Å². The van der Waals surface area contributed by atoms with Gasteiger partial charge in [-0.1, -0.05) is 29.4 Å². The molecule has 1 saturated carbocycles. The Labute approximate surface area is 178 Å². The summed E-state index contributed by atoms with van der Waals surface area (Å²) in [6.07, 6.45) is 7.45. The first-order valence-electron chi connectivity index (χ1n) is 10.3. The topological polar surface area (TPSA) is 131 Å². The van der Waals surface area contributed by atoms with Crippen LogP contribution in [-0.4, -0.2) is 37.0 Å². The van der Waals surface area contributed by atoms with Crippen LogP contribution in [0.4, 0.5) is 12.0 Å². The minimum Gasteiger partial charge on any atom is -0.481 e. The van der Waals surface area contributed by atoms with Crippen LogP contribution in [-0.2, 0) is 11.2 Å². The fourth-order valence-corrected chi connectivity index (χ4v) is 3.96. The van der Waals surface area contributed by atoms with Crippen LogP contribution in [0.3, 0.4) is 0 Å². The van der Waals surface area contributed by atoms with Gasteiger partial charge < -0.3 is 9.52 Å². The molecule has 9 heteroatoms. The molecule has 0 radical (unpaired) electrons. The number of anilines is 2. The molecular formula is C22H23N5O4. The molecule has 1 fully saturated rings. The van der Waals surface area contributed by atoms with Gasteiger partial charge in [0, 0.05) is 25.2 Å². The van der Waals surface area contributed by atoms with Gasteiger partial charge in [0.25, 0.3) is 5.89 Å². The molecule has 31 heavy (non-hydrogen) atoms. The molecule has 2 aromatic heterocycles. The number of nitrogens with one attached hydrogen (secondary N) is 1. The second-order valence-corrected chi connectivity index (χ2v) is 7.77. The molecule has 2 N–H and O–H groups in total. The third kappa shape index (κ3) is 5.50. The molecule has 0 unspecified atom stereocenters. The maximum atomic E-state index is 12.5. The highest BCUT2D eigenvalue weighted by atomic mass is 16.4. The number of carboxylic acid groups (broad SMARTS) is 1. The van der Waals surface area contributed by atoms with Crippen molar-refractivity contribution >= 4 is 23.7 Å². The summed E-state index contributed by atoms with van der Waals surface area (Å²) in [6.45, 7) is 0. The lowest BCUT2D eigenvalue weighted by atomic mass is 9.77. The number of aliphatic carboxylic acids is 1. The summed E-state index contributed by atoms with van der Waals surface area (Å²) in [4.78, 5) is 31.4. The SMILES string of the molecule is O=C(O)CC1CCC(c2ccc(CC(=O)c3nnc(Nc4ncccn4)o3)cc2)CC1. The van der Waals surface area contributed by atoms with E-state index in [-0.39, 0.29) is 36.4 Å². The van der Waals surface area contributed by atoms with Gasteiger partial charge in [-0.2, -0.15) is 0 Å². The quantitative estimate of drug-likeness (QED) is 0.522. The number of aromatic nitrogens is 4. The van der Waals surface area contributed by atoms with Gasteiger partial charge in [-0.05, 0) is 54.7 Å². The molecule has 0 bridgehead atoms. The molecule has 1 aliphatic rings. The summed E-state index contributed by atoms with van der Waals surface area (Å²) in [5.74, 6) is -0.0177. The summed E-state index contributed by atoms with van der Waals surface area (Å²) in [5, 5.41) is 19.3. The van der Waals surface area contributed by atoms with Crippen LogP contribution >= 0.6 is 0 Å². The van der Waals surface area contributed by atoms with E-state index in [1.165, 1.54) is 5.56 Å². The van der Waals surface area contributed by atoms with Gasteiger partial charge in [0.05, 0.1) is 0 Å².